The van der Waals surface area contributed by atoms with Crippen molar-refractivity contribution in [2.24, 2.45) is 0 Å². The quantitative estimate of drug-likeness (QED) is 0.676. The first-order valence-corrected chi connectivity index (χ1v) is 7.72. The number of carbonyl (C=O) groups is 2. The number of hydrogen-bond donors (Lipinski definition) is 2. The molecule has 1 heterocycles. The van der Waals surface area contributed by atoms with E-state index < -0.39 is 11.8 Å². The molecule has 3 aromatic rings. The fourth-order valence-corrected chi connectivity index (χ4v) is 2.66. The number of fused-ring (bicyclic) bond motifs is 1. The Morgan fingerprint density at radius 2 is 1.46 bits per heavy atom. The second-order valence-corrected chi connectivity index (χ2v) is 5.70. The average Bonchev–Trinajstić information content (AvgIpc) is 2.58. The van der Waals surface area contributed by atoms with Crippen LogP contribution >= 0.6 is 23.2 Å². The number of carbonyl (C=O) groups excluding carboxylic acids is 2. The molecular weight excluding hydrogens is 349 g/mol. The van der Waals surface area contributed by atoms with Crippen LogP contribution in [0.25, 0.3) is 10.9 Å². The SMILES string of the molecule is O=C(Nc1c(Cl)cccc1Cl)C(=O)Nc1cccc2cccnc12. The van der Waals surface area contributed by atoms with Crippen LogP contribution in [-0.4, -0.2) is 16.8 Å². The van der Waals surface area contributed by atoms with Crippen LogP contribution in [0.4, 0.5) is 11.4 Å². The average molecular weight is 360 g/mol. The Morgan fingerprint density at radius 3 is 2.21 bits per heavy atom. The van der Waals surface area contributed by atoms with Crippen molar-refractivity contribution in [3.8, 4) is 0 Å². The van der Waals surface area contributed by atoms with Gasteiger partial charge in [0.2, 0.25) is 0 Å². The molecule has 0 aliphatic carbocycles. The van der Waals surface area contributed by atoms with Gasteiger partial charge in [-0.3, -0.25) is 14.6 Å². The summed E-state index contributed by atoms with van der Waals surface area (Å²) in [5.41, 5.74) is 1.23. The van der Waals surface area contributed by atoms with Crippen molar-refractivity contribution in [1.82, 2.24) is 4.98 Å². The summed E-state index contributed by atoms with van der Waals surface area (Å²) >= 11 is 12.0. The van der Waals surface area contributed by atoms with Gasteiger partial charge in [0, 0.05) is 11.6 Å². The zero-order chi connectivity index (χ0) is 17.1. The molecule has 1 aromatic heterocycles. The third kappa shape index (κ3) is 3.32. The molecule has 0 unspecified atom stereocenters. The molecule has 2 N–H and O–H groups in total. The molecule has 5 nitrogen and oxygen atoms in total. The summed E-state index contributed by atoms with van der Waals surface area (Å²) in [6.45, 7) is 0. The Labute approximate surface area is 147 Å². The number of aromatic nitrogens is 1. The third-order valence-corrected chi connectivity index (χ3v) is 3.92. The van der Waals surface area contributed by atoms with Crippen LogP contribution in [0.5, 0.6) is 0 Å². The van der Waals surface area contributed by atoms with Gasteiger partial charge in [0.1, 0.15) is 0 Å². The lowest BCUT2D eigenvalue weighted by molar-refractivity contribution is -0.132. The highest BCUT2D eigenvalue weighted by molar-refractivity contribution is 6.47. The van der Waals surface area contributed by atoms with Crippen LogP contribution in [0.3, 0.4) is 0 Å². The van der Waals surface area contributed by atoms with E-state index in [1.807, 2.05) is 12.1 Å². The summed E-state index contributed by atoms with van der Waals surface area (Å²) in [6, 6.07) is 13.7. The summed E-state index contributed by atoms with van der Waals surface area (Å²) in [6.07, 6.45) is 1.61. The minimum Gasteiger partial charge on any atom is -0.316 e. The highest BCUT2D eigenvalue weighted by Crippen LogP contribution is 2.29. The van der Waals surface area contributed by atoms with Crippen LogP contribution in [0.15, 0.2) is 54.7 Å². The minimum atomic E-state index is -0.877. The van der Waals surface area contributed by atoms with Gasteiger partial charge in [-0.2, -0.15) is 0 Å². The molecular formula is C17H11Cl2N3O2. The van der Waals surface area contributed by atoms with Gasteiger partial charge < -0.3 is 10.6 Å². The van der Waals surface area contributed by atoms with Crippen molar-refractivity contribution >= 4 is 57.3 Å². The number of benzene rings is 2. The Balaban J connectivity index is 1.80. The van der Waals surface area contributed by atoms with Gasteiger partial charge in [0.05, 0.1) is 26.9 Å². The number of rotatable bonds is 2. The molecule has 7 heteroatoms. The summed E-state index contributed by atoms with van der Waals surface area (Å²) in [5.74, 6) is -1.72. The maximum Gasteiger partial charge on any atom is 0.314 e. The fraction of sp³-hybridized carbons (Fsp3) is 0. The normalized spacial score (nSPS) is 10.4. The van der Waals surface area contributed by atoms with Crippen LogP contribution in [-0.2, 0) is 9.59 Å². The van der Waals surface area contributed by atoms with E-state index in [1.54, 1.807) is 42.6 Å². The predicted molar refractivity (Wildman–Crippen MR) is 95.5 cm³/mol. The van der Waals surface area contributed by atoms with Crippen molar-refractivity contribution in [1.29, 1.82) is 0 Å². The van der Waals surface area contributed by atoms with Crippen LogP contribution in [0.2, 0.25) is 10.0 Å². The van der Waals surface area contributed by atoms with Crippen LogP contribution < -0.4 is 10.6 Å². The largest absolute Gasteiger partial charge is 0.316 e. The summed E-state index contributed by atoms with van der Waals surface area (Å²) < 4.78 is 0. The van der Waals surface area contributed by atoms with Crippen molar-refractivity contribution < 1.29 is 9.59 Å². The van der Waals surface area contributed by atoms with E-state index in [0.717, 1.165) is 5.39 Å². The maximum atomic E-state index is 12.1. The van der Waals surface area contributed by atoms with Crippen LogP contribution in [0, 0.1) is 0 Å². The molecule has 2 aromatic carbocycles. The molecule has 0 saturated carbocycles. The van der Waals surface area contributed by atoms with E-state index in [4.69, 9.17) is 23.2 Å². The van der Waals surface area contributed by atoms with Gasteiger partial charge >= 0.3 is 11.8 Å². The Morgan fingerprint density at radius 1 is 0.833 bits per heavy atom. The third-order valence-electron chi connectivity index (χ3n) is 3.29. The van der Waals surface area contributed by atoms with E-state index in [1.165, 1.54) is 0 Å². The molecule has 0 radical (unpaired) electrons. The zero-order valence-corrected chi connectivity index (χ0v) is 13.7. The topological polar surface area (TPSA) is 71.1 Å². The molecule has 120 valence electrons. The molecule has 0 aliphatic rings. The molecule has 2 amide bonds. The molecule has 0 saturated heterocycles. The second kappa shape index (κ2) is 6.86. The van der Waals surface area contributed by atoms with E-state index >= 15 is 0 Å². The minimum absolute atomic E-state index is 0.192. The van der Waals surface area contributed by atoms with E-state index in [9.17, 15) is 9.59 Å². The monoisotopic (exact) mass is 359 g/mol. The van der Waals surface area contributed by atoms with Gasteiger partial charge in [0.25, 0.3) is 0 Å². The molecule has 0 bridgehead atoms. The zero-order valence-electron chi connectivity index (χ0n) is 12.2. The molecule has 0 aliphatic heterocycles. The summed E-state index contributed by atoms with van der Waals surface area (Å²) in [5, 5.41) is 6.30. The standard InChI is InChI=1S/C17H11Cl2N3O2/c18-11-6-2-7-12(19)15(11)22-17(24)16(23)21-13-8-1-4-10-5-3-9-20-14(10)13/h1-9H,(H,21,23)(H,22,24). The lowest BCUT2D eigenvalue weighted by Crippen LogP contribution is -2.29. The second-order valence-electron chi connectivity index (χ2n) is 4.89. The Hall–Kier alpha value is -2.63. The van der Waals surface area contributed by atoms with Crippen LogP contribution in [0.1, 0.15) is 0 Å². The highest BCUT2D eigenvalue weighted by Gasteiger charge is 2.18. The smallest absolute Gasteiger partial charge is 0.314 e. The highest BCUT2D eigenvalue weighted by atomic mass is 35.5. The van der Waals surface area contributed by atoms with Gasteiger partial charge in [-0.25, -0.2) is 0 Å². The van der Waals surface area contributed by atoms with Gasteiger partial charge in [-0.1, -0.05) is 47.5 Å². The number of nitrogens with zero attached hydrogens (tertiary/aromatic N) is 1. The van der Waals surface area contributed by atoms with E-state index in [2.05, 4.69) is 15.6 Å². The first kappa shape index (κ1) is 16.2. The number of para-hydroxylation sites is 2. The molecule has 0 fully saturated rings. The number of hydrogen-bond acceptors (Lipinski definition) is 3. The van der Waals surface area contributed by atoms with Gasteiger partial charge in [-0.05, 0) is 24.3 Å². The number of anilines is 2. The number of amides is 2. The van der Waals surface area contributed by atoms with E-state index in [-0.39, 0.29) is 15.7 Å². The van der Waals surface area contributed by atoms with Crippen molar-refractivity contribution in [2.45, 2.75) is 0 Å². The lowest BCUT2D eigenvalue weighted by Gasteiger charge is -2.10. The Kier molecular flexibility index (Phi) is 4.64. The number of pyridine rings is 1. The fourth-order valence-electron chi connectivity index (χ4n) is 2.17. The number of nitrogens with one attached hydrogen (secondary N) is 2. The van der Waals surface area contributed by atoms with Crippen molar-refractivity contribution in [2.75, 3.05) is 10.6 Å². The first-order chi connectivity index (χ1) is 11.6. The van der Waals surface area contributed by atoms with E-state index in [0.29, 0.717) is 11.2 Å². The van der Waals surface area contributed by atoms with Gasteiger partial charge in [-0.15, -0.1) is 0 Å². The molecule has 3 rings (SSSR count). The summed E-state index contributed by atoms with van der Waals surface area (Å²) in [4.78, 5) is 28.5. The number of halogens is 2. The first-order valence-electron chi connectivity index (χ1n) is 6.96. The maximum absolute atomic E-state index is 12.1. The van der Waals surface area contributed by atoms with Crippen molar-refractivity contribution in [3.63, 3.8) is 0 Å². The lowest BCUT2D eigenvalue weighted by atomic mass is 10.2. The molecule has 0 spiro atoms. The Bertz CT molecular complexity index is 919. The molecule has 0 atom stereocenters. The predicted octanol–water partition coefficient (Wildman–Crippen LogP) is 4.12. The van der Waals surface area contributed by atoms with Gasteiger partial charge in [0.15, 0.2) is 0 Å². The van der Waals surface area contributed by atoms with Crippen molar-refractivity contribution in [3.05, 3.63) is 64.8 Å². The molecule has 24 heavy (non-hydrogen) atoms. The summed E-state index contributed by atoms with van der Waals surface area (Å²) in [7, 11) is 0.